The molecule has 12 bridgehead atoms. The van der Waals surface area contributed by atoms with Gasteiger partial charge in [-0.25, -0.2) is 0 Å². The minimum atomic E-state index is -0.0703. The molecule has 11 rings (SSSR count). The number of hydrogen-bond acceptors (Lipinski definition) is 3. The van der Waals surface area contributed by atoms with Gasteiger partial charge in [-0.3, -0.25) is 0 Å². The van der Waals surface area contributed by atoms with Crippen LogP contribution in [0.15, 0.2) is 240 Å². The Morgan fingerprint density at radius 1 is 0.387 bits per heavy atom. The van der Waals surface area contributed by atoms with E-state index in [1.54, 1.807) is 0 Å². The van der Waals surface area contributed by atoms with Crippen molar-refractivity contribution in [2.45, 2.75) is 21.7 Å². The fourth-order valence-electron chi connectivity index (χ4n) is 8.76. The van der Waals surface area contributed by atoms with Crippen LogP contribution in [0.1, 0.15) is 22.3 Å². The van der Waals surface area contributed by atoms with E-state index >= 15 is 0 Å². The van der Waals surface area contributed by atoms with Crippen molar-refractivity contribution < 1.29 is 0 Å². The zero-order chi connectivity index (χ0) is 41.2. The quantitative estimate of drug-likeness (QED) is 0.176. The summed E-state index contributed by atoms with van der Waals surface area (Å²) in [5.74, 6) is 0. The van der Waals surface area contributed by atoms with E-state index < -0.39 is 0 Å². The van der Waals surface area contributed by atoms with Crippen LogP contribution in [0.2, 0.25) is 9.63 Å². The van der Waals surface area contributed by atoms with Crippen LogP contribution in [0.5, 0.6) is 0 Å². The molecule has 4 aromatic carbocycles. The Morgan fingerprint density at radius 2 is 0.855 bits per heavy atom. The van der Waals surface area contributed by atoms with Gasteiger partial charge in [-0.1, -0.05) is 0 Å². The number of benzene rings is 4. The van der Waals surface area contributed by atoms with Crippen molar-refractivity contribution in [1.82, 2.24) is 5.32 Å². The molecule has 4 unspecified atom stereocenters. The van der Waals surface area contributed by atoms with E-state index in [0.717, 1.165) is 22.8 Å². The second-order valence-corrected chi connectivity index (χ2v) is 22.8. The Labute approximate surface area is 380 Å². The molecule has 0 radical (unpaired) electrons. The topological polar surface area (TPSA) is 36.8 Å². The van der Waals surface area contributed by atoms with Crippen LogP contribution in [0.4, 0.5) is 0 Å². The average Bonchev–Trinajstić information content (AvgIpc) is 4.13. The van der Waals surface area contributed by atoms with Crippen LogP contribution >= 0.6 is 0 Å². The number of allylic oxidation sites excluding steroid dienone is 11. The van der Waals surface area contributed by atoms with E-state index in [9.17, 15) is 0 Å². The van der Waals surface area contributed by atoms with Gasteiger partial charge in [0, 0.05) is 0 Å². The number of aliphatic imine (C=N–C) groups is 2. The van der Waals surface area contributed by atoms with E-state index in [4.69, 9.17) is 9.98 Å². The predicted octanol–water partition coefficient (Wildman–Crippen LogP) is 9.20. The van der Waals surface area contributed by atoms with Gasteiger partial charge in [-0.2, -0.15) is 0 Å². The molecule has 0 spiro atoms. The monoisotopic (exact) mass is 995 g/mol. The number of hydrogen-bond donors (Lipinski definition) is 1. The molecule has 3 nitrogen and oxygen atoms in total. The average molecular weight is 993 g/mol. The standard InChI is InChI=1S/C56H41N3Se3/c1-5-17-37(18-6-1)53-43-26-14-13-25-41(57-43)42-29-30-44(58-42)54(38-19-7-2-8-20-38)49-27-15-16-28-50(62-49)55(39-21-9-3-10-22-39)45-31-32-46(59-45)56(40-23-11-4-12-24-40)52-36-34-48(61-52)47-33-35-51(53)60-47/h1-36,41,43,49-50,57H/b48-47+,53-51+,54-44?,55-45+,56-52-. The molecule has 4 atom stereocenters. The van der Waals surface area contributed by atoms with E-state index in [1.165, 1.54) is 60.9 Å². The molecule has 0 amide bonds. The first-order valence-corrected chi connectivity index (χ1v) is 26.4. The summed E-state index contributed by atoms with van der Waals surface area (Å²) in [6, 6.07) is 53.2. The van der Waals surface area contributed by atoms with Crippen molar-refractivity contribution in [3.63, 3.8) is 0 Å². The van der Waals surface area contributed by atoms with Crippen LogP contribution < -0.4 is 13.5 Å². The zero-order valence-corrected chi connectivity index (χ0v) is 38.9. The molecular weight excluding hydrogens is 952 g/mol. The Bertz CT molecular complexity index is 3230. The van der Waals surface area contributed by atoms with Crippen molar-refractivity contribution in [2.24, 2.45) is 9.98 Å². The number of rotatable bonds is 4. The van der Waals surface area contributed by atoms with Gasteiger partial charge in [0.05, 0.1) is 0 Å². The number of nitrogens with zero attached hydrogens (tertiary/aromatic N) is 2. The first-order valence-electron chi connectivity index (χ1n) is 21.0. The molecule has 1 N–H and O–H groups in total. The third-order valence-electron chi connectivity index (χ3n) is 11.6. The van der Waals surface area contributed by atoms with Gasteiger partial charge in [0.2, 0.25) is 0 Å². The predicted molar refractivity (Wildman–Crippen MR) is 262 cm³/mol. The van der Waals surface area contributed by atoms with Gasteiger partial charge in [-0.05, 0) is 0 Å². The summed E-state index contributed by atoms with van der Waals surface area (Å²) in [6.45, 7) is 0. The normalized spacial score (nSPS) is 25.2. The molecule has 6 aromatic rings. The third kappa shape index (κ3) is 7.86. The maximum atomic E-state index is 5.62. The summed E-state index contributed by atoms with van der Waals surface area (Å²) in [5, 5.41) is 4.08. The van der Waals surface area contributed by atoms with Crippen LogP contribution in [-0.4, -0.2) is 67.5 Å². The Balaban J connectivity index is 1.19. The van der Waals surface area contributed by atoms with Crippen LogP contribution in [0.3, 0.4) is 0 Å². The van der Waals surface area contributed by atoms with Crippen molar-refractivity contribution >= 4 is 77.7 Å². The molecule has 5 aliphatic rings. The fourth-order valence-corrected chi connectivity index (χ4v) is 17.0. The van der Waals surface area contributed by atoms with Crippen LogP contribution in [0, 0.1) is 8.19 Å². The molecule has 0 saturated carbocycles. The second kappa shape index (κ2) is 17.6. The molecule has 2 aromatic heterocycles. The molecule has 0 aliphatic carbocycles. The summed E-state index contributed by atoms with van der Waals surface area (Å²) in [5.41, 5.74) is 14.2. The summed E-state index contributed by atoms with van der Waals surface area (Å²) >= 11 is 0.310. The molecule has 298 valence electrons. The first kappa shape index (κ1) is 39.2. The van der Waals surface area contributed by atoms with Gasteiger partial charge in [0.1, 0.15) is 0 Å². The minimum absolute atomic E-state index is 0.00635. The van der Waals surface area contributed by atoms with E-state index in [1.807, 2.05) is 0 Å². The molecule has 5 aliphatic heterocycles. The van der Waals surface area contributed by atoms with Gasteiger partial charge < -0.3 is 0 Å². The van der Waals surface area contributed by atoms with Crippen molar-refractivity contribution in [3.8, 4) is 0 Å². The van der Waals surface area contributed by atoms with Crippen molar-refractivity contribution in [3.05, 3.63) is 269 Å². The Kier molecular flexibility index (Phi) is 11.1. The fraction of sp³-hybridized carbons (Fsp3) is 0.0714. The molecule has 6 heteroatoms. The molecular formula is C56H41N3Se3. The summed E-state index contributed by atoms with van der Waals surface area (Å²) in [7, 11) is 0. The molecule has 62 heavy (non-hydrogen) atoms. The number of nitrogens with one attached hydrogen (secondary N) is 1. The van der Waals surface area contributed by atoms with E-state index in [-0.39, 0.29) is 65.7 Å². The Hall–Kier alpha value is -5.64. The molecule has 0 fully saturated rings. The third-order valence-corrected chi connectivity index (χ3v) is 20.0. The molecule has 0 saturated heterocycles. The maximum absolute atomic E-state index is 5.62. The van der Waals surface area contributed by atoms with Gasteiger partial charge in [0.25, 0.3) is 0 Å². The van der Waals surface area contributed by atoms with E-state index in [0.29, 0.717) is 0 Å². The van der Waals surface area contributed by atoms with Gasteiger partial charge in [0.15, 0.2) is 0 Å². The summed E-state index contributed by atoms with van der Waals surface area (Å²) in [6.07, 6.45) is 27.3. The van der Waals surface area contributed by atoms with E-state index in [2.05, 4.69) is 224 Å². The Morgan fingerprint density at radius 3 is 1.47 bits per heavy atom. The van der Waals surface area contributed by atoms with Gasteiger partial charge in [-0.15, -0.1) is 0 Å². The van der Waals surface area contributed by atoms with Crippen molar-refractivity contribution in [1.29, 1.82) is 0 Å². The zero-order valence-electron chi connectivity index (χ0n) is 33.7. The molecule has 7 heterocycles. The van der Waals surface area contributed by atoms with Crippen LogP contribution in [-0.2, 0) is 0 Å². The summed E-state index contributed by atoms with van der Waals surface area (Å²) in [4.78, 5) is 11.5. The van der Waals surface area contributed by atoms with Gasteiger partial charge >= 0.3 is 383 Å². The first-order chi connectivity index (χ1) is 30.7. The van der Waals surface area contributed by atoms with Crippen molar-refractivity contribution in [2.75, 3.05) is 0 Å². The number of fused-ring (bicyclic) bond motifs is 11. The second-order valence-electron chi connectivity index (χ2n) is 15.5. The van der Waals surface area contributed by atoms with Crippen LogP contribution in [0.25, 0.3) is 22.3 Å². The summed E-state index contributed by atoms with van der Waals surface area (Å²) < 4.78 is 5.70. The SMILES string of the molecule is C1=CC2NC(C=C1)/C(c1ccccc1)=c1\cc/c([se]1)=c1/cc/c([se]1)=C(\c1ccccc1)C1=N/C(=C(\c3ccccc3)C3C=CC=CC([Se]3)C(c3ccccc3)=C3C=CC2=N3)C=C1.